The van der Waals surface area contributed by atoms with Crippen LogP contribution < -0.4 is 5.32 Å². The van der Waals surface area contributed by atoms with E-state index in [1.165, 1.54) is 25.1 Å². The van der Waals surface area contributed by atoms with Gasteiger partial charge in [-0.3, -0.25) is 0 Å². The number of hydrogen-bond acceptors (Lipinski definition) is 2. The SMILES string of the molecule is CC(C1CCCNC1)n1cncc1C(C)(C)C. The Balaban J connectivity index is 2.18. The summed E-state index contributed by atoms with van der Waals surface area (Å²) in [5.41, 5.74) is 1.52. The third-order valence-electron chi connectivity index (χ3n) is 3.89. The van der Waals surface area contributed by atoms with Gasteiger partial charge in [-0.25, -0.2) is 4.98 Å². The Labute approximate surface area is 105 Å². The van der Waals surface area contributed by atoms with Crippen LogP contribution in [0.25, 0.3) is 0 Å². The van der Waals surface area contributed by atoms with Crippen LogP contribution >= 0.6 is 0 Å². The molecule has 0 aliphatic carbocycles. The predicted octanol–water partition coefficient (Wildman–Crippen LogP) is 2.74. The fourth-order valence-corrected chi connectivity index (χ4v) is 2.73. The molecule has 0 aromatic carbocycles. The van der Waals surface area contributed by atoms with E-state index >= 15 is 0 Å². The first kappa shape index (κ1) is 12.6. The molecule has 0 bridgehead atoms. The van der Waals surface area contributed by atoms with Gasteiger partial charge in [-0.05, 0) is 38.8 Å². The van der Waals surface area contributed by atoms with E-state index in [1.54, 1.807) is 0 Å². The van der Waals surface area contributed by atoms with Gasteiger partial charge in [0.15, 0.2) is 0 Å². The zero-order chi connectivity index (χ0) is 12.5. The molecule has 0 spiro atoms. The number of imidazole rings is 1. The molecule has 0 amide bonds. The van der Waals surface area contributed by atoms with Crippen LogP contribution in [0.5, 0.6) is 0 Å². The molecule has 17 heavy (non-hydrogen) atoms. The number of piperidine rings is 1. The number of nitrogens with zero attached hydrogens (tertiary/aromatic N) is 2. The maximum atomic E-state index is 4.35. The third-order valence-corrected chi connectivity index (χ3v) is 3.89. The van der Waals surface area contributed by atoms with Gasteiger partial charge in [0.2, 0.25) is 0 Å². The van der Waals surface area contributed by atoms with Crippen molar-refractivity contribution in [1.29, 1.82) is 0 Å². The van der Waals surface area contributed by atoms with Crippen LogP contribution in [0.1, 0.15) is 52.3 Å². The summed E-state index contributed by atoms with van der Waals surface area (Å²) in [6.45, 7) is 11.4. The average molecular weight is 235 g/mol. The van der Waals surface area contributed by atoms with Gasteiger partial charge >= 0.3 is 0 Å². The van der Waals surface area contributed by atoms with Crippen molar-refractivity contribution in [2.75, 3.05) is 13.1 Å². The van der Waals surface area contributed by atoms with E-state index in [9.17, 15) is 0 Å². The summed E-state index contributed by atoms with van der Waals surface area (Å²) in [6, 6.07) is 0.541. The highest BCUT2D eigenvalue weighted by molar-refractivity contribution is 5.12. The lowest BCUT2D eigenvalue weighted by molar-refractivity contribution is 0.270. The van der Waals surface area contributed by atoms with E-state index in [-0.39, 0.29) is 5.41 Å². The van der Waals surface area contributed by atoms with Crippen LogP contribution in [0.2, 0.25) is 0 Å². The van der Waals surface area contributed by atoms with Gasteiger partial charge in [-0.1, -0.05) is 20.8 Å². The van der Waals surface area contributed by atoms with Gasteiger partial charge in [-0.2, -0.15) is 0 Å². The van der Waals surface area contributed by atoms with Crippen molar-refractivity contribution >= 4 is 0 Å². The highest BCUT2D eigenvalue weighted by Crippen LogP contribution is 2.30. The third kappa shape index (κ3) is 2.71. The molecule has 0 saturated carbocycles. The Morgan fingerprint density at radius 2 is 2.24 bits per heavy atom. The zero-order valence-electron chi connectivity index (χ0n) is 11.5. The largest absolute Gasteiger partial charge is 0.331 e. The van der Waals surface area contributed by atoms with Gasteiger partial charge in [0.05, 0.1) is 6.33 Å². The van der Waals surface area contributed by atoms with Crippen molar-refractivity contribution in [2.24, 2.45) is 5.92 Å². The molecule has 3 nitrogen and oxygen atoms in total. The monoisotopic (exact) mass is 235 g/mol. The van der Waals surface area contributed by atoms with Crippen LogP contribution in [0, 0.1) is 5.92 Å². The van der Waals surface area contributed by atoms with E-state index in [1.807, 2.05) is 12.5 Å². The molecule has 0 radical (unpaired) electrons. The second-order valence-electron chi connectivity index (χ2n) is 6.28. The van der Waals surface area contributed by atoms with Gasteiger partial charge in [0, 0.05) is 23.3 Å². The van der Waals surface area contributed by atoms with Crippen molar-refractivity contribution in [3.05, 3.63) is 18.2 Å². The Kier molecular flexibility index (Phi) is 3.57. The lowest BCUT2D eigenvalue weighted by atomic mass is 9.89. The zero-order valence-corrected chi connectivity index (χ0v) is 11.5. The lowest BCUT2D eigenvalue weighted by Gasteiger charge is -2.32. The Morgan fingerprint density at radius 3 is 2.82 bits per heavy atom. The number of rotatable bonds is 2. The molecular formula is C14H25N3. The lowest BCUT2D eigenvalue weighted by Crippen LogP contribution is -2.35. The molecule has 1 N–H and O–H groups in total. The van der Waals surface area contributed by atoms with E-state index in [2.05, 4.69) is 42.6 Å². The minimum absolute atomic E-state index is 0.173. The molecule has 1 saturated heterocycles. The normalized spacial score (nSPS) is 23.6. The fourth-order valence-electron chi connectivity index (χ4n) is 2.73. The minimum Gasteiger partial charge on any atom is -0.331 e. The predicted molar refractivity (Wildman–Crippen MR) is 71.2 cm³/mol. The molecule has 1 aromatic heterocycles. The summed E-state index contributed by atoms with van der Waals surface area (Å²) in [5, 5.41) is 3.50. The summed E-state index contributed by atoms with van der Waals surface area (Å²) >= 11 is 0. The first-order valence-corrected chi connectivity index (χ1v) is 6.73. The van der Waals surface area contributed by atoms with Crippen LogP contribution in [-0.4, -0.2) is 22.6 Å². The van der Waals surface area contributed by atoms with Crippen LogP contribution in [0.3, 0.4) is 0 Å². The first-order chi connectivity index (χ1) is 8.00. The quantitative estimate of drug-likeness (QED) is 0.854. The van der Waals surface area contributed by atoms with Crippen LogP contribution in [0.15, 0.2) is 12.5 Å². The van der Waals surface area contributed by atoms with Crippen LogP contribution in [0.4, 0.5) is 0 Å². The molecule has 2 heterocycles. The standard InChI is InChI=1S/C14H25N3/c1-11(12-6-5-7-15-8-12)17-10-16-9-13(17)14(2,3)4/h9-12,15H,5-8H2,1-4H3. The average Bonchev–Trinajstić information content (AvgIpc) is 2.78. The topological polar surface area (TPSA) is 29.9 Å². The first-order valence-electron chi connectivity index (χ1n) is 6.73. The summed E-state index contributed by atoms with van der Waals surface area (Å²) in [4.78, 5) is 4.35. The van der Waals surface area contributed by atoms with Crippen molar-refractivity contribution in [3.8, 4) is 0 Å². The summed E-state index contributed by atoms with van der Waals surface area (Å²) < 4.78 is 2.37. The molecule has 96 valence electrons. The molecule has 1 aromatic rings. The highest BCUT2D eigenvalue weighted by atomic mass is 15.1. The maximum Gasteiger partial charge on any atom is 0.0950 e. The van der Waals surface area contributed by atoms with E-state index in [0.29, 0.717) is 6.04 Å². The van der Waals surface area contributed by atoms with E-state index in [4.69, 9.17) is 0 Å². The second kappa shape index (κ2) is 4.81. The molecule has 1 aliphatic heterocycles. The Hall–Kier alpha value is -0.830. The molecule has 1 fully saturated rings. The number of hydrogen-bond donors (Lipinski definition) is 1. The summed E-state index contributed by atoms with van der Waals surface area (Å²) in [5.74, 6) is 0.735. The second-order valence-corrected chi connectivity index (χ2v) is 6.28. The van der Waals surface area contributed by atoms with Crippen molar-refractivity contribution in [2.45, 2.75) is 52.0 Å². The van der Waals surface area contributed by atoms with Crippen molar-refractivity contribution in [3.63, 3.8) is 0 Å². The summed E-state index contributed by atoms with van der Waals surface area (Å²) in [7, 11) is 0. The molecule has 1 aliphatic rings. The minimum atomic E-state index is 0.173. The van der Waals surface area contributed by atoms with Crippen molar-refractivity contribution in [1.82, 2.24) is 14.9 Å². The van der Waals surface area contributed by atoms with Gasteiger partial charge in [0.1, 0.15) is 0 Å². The molecule has 3 heteroatoms. The van der Waals surface area contributed by atoms with E-state index in [0.717, 1.165) is 12.5 Å². The highest BCUT2D eigenvalue weighted by Gasteiger charge is 2.26. The Bertz CT molecular complexity index is 356. The summed E-state index contributed by atoms with van der Waals surface area (Å²) in [6.07, 6.45) is 6.65. The number of nitrogens with one attached hydrogen (secondary N) is 1. The fraction of sp³-hybridized carbons (Fsp3) is 0.786. The van der Waals surface area contributed by atoms with Gasteiger partial charge < -0.3 is 9.88 Å². The van der Waals surface area contributed by atoms with Gasteiger partial charge in [-0.15, -0.1) is 0 Å². The van der Waals surface area contributed by atoms with Crippen LogP contribution in [-0.2, 0) is 5.41 Å². The molecule has 2 atom stereocenters. The Morgan fingerprint density at radius 1 is 1.47 bits per heavy atom. The molecule has 2 rings (SSSR count). The molecular weight excluding hydrogens is 210 g/mol. The number of aromatic nitrogens is 2. The smallest absolute Gasteiger partial charge is 0.0950 e. The molecule has 2 unspecified atom stereocenters. The maximum absolute atomic E-state index is 4.35. The van der Waals surface area contributed by atoms with Crippen molar-refractivity contribution < 1.29 is 0 Å². The van der Waals surface area contributed by atoms with E-state index < -0.39 is 0 Å². The van der Waals surface area contributed by atoms with Gasteiger partial charge in [0.25, 0.3) is 0 Å².